The van der Waals surface area contributed by atoms with Gasteiger partial charge in [0.05, 0.1) is 21.1 Å². The second-order valence-electron chi connectivity index (χ2n) is 3.87. The molecular formula is C9H16N+. The Bertz CT molecular complexity index is 170. The molecule has 0 saturated heterocycles. The zero-order valence-corrected chi connectivity index (χ0v) is 7.09. The highest BCUT2D eigenvalue weighted by Crippen LogP contribution is 2.11. The minimum Gasteiger partial charge on any atom is -0.327 e. The summed E-state index contributed by atoms with van der Waals surface area (Å²) in [5.41, 5.74) is 1.48. The smallest absolute Gasteiger partial charge is 0.103 e. The molecule has 1 aliphatic rings. The highest BCUT2D eigenvalue weighted by Gasteiger charge is 2.09. The van der Waals surface area contributed by atoms with Gasteiger partial charge in [0, 0.05) is 5.57 Å². The molecule has 0 spiro atoms. The van der Waals surface area contributed by atoms with Gasteiger partial charge in [-0.1, -0.05) is 18.2 Å². The molecular weight excluding hydrogens is 122 g/mol. The highest BCUT2D eigenvalue weighted by molar-refractivity contribution is 5.26. The predicted molar refractivity (Wildman–Crippen MR) is 44.7 cm³/mol. The number of likely N-dealkylation sites (N-methyl/N-ethyl adjacent to an activating group) is 1. The summed E-state index contributed by atoms with van der Waals surface area (Å²) >= 11 is 0. The molecule has 0 radical (unpaired) electrons. The Kier molecular flexibility index (Phi) is 1.95. The molecule has 0 amide bonds. The molecule has 0 fully saturated rings. The van der Waals surface area contributed by atoms with Gasteiger partial charge in [-0.25, -0.2) is 0 Å². The Morgan fingerprint density at radius 2 is 2.10 bits per heavy atom. The first-order chi connectivity index (χ1) is 4.58. The predicted octanol–water partition coefficient (Wildman–Crippen LogP) is 1.58. The average Bonchev–Trinajstić information content (AvgIpc) is 2.12. The number of quaternary nitrogens is 1. The average molecular weight is 138 g/mol. The van der Waals surface area contributed by atoms with Crippen molar-refractivity contribution in [2.75, 3.05) is 27.7 Å². The van der Waals surface area contributed by atoms with Gasteiger partial charge in [-0.05, 0) is 6.42 Å². The molecule has 0 aliphatic heterocycles. The Morgan fingerprint density at radius 1 is 1.40 bits per heavy atom. The third-order valence-corrected chi connectivity index (χ3v) is 1.50. The topological polar surface area (TPSA) is 0 Å². The summed E-state index contributed by atoms with van der Waals surface area (Å²) in [5.74, 6) is 0. The Balaban J connectivity index is 2.46. The van der Waals surface area contributed by atoms with Crippen LogP contribution in [0, 0.1) is 0 Å². The van der Waals surface area contributed by atoms with E-state index in [2.05, 4.69) is 39.4 Å². The quantitative estimate of drug-likeness (QED) is 0.508. The summed E-state index contributed by atoms with van der Waals surface area (Å²) < 4.78 is 1.02. The number of hydrogen-bond acceptors (Lipinski definition) is 0. The molecule has 0 aromatic rings. The minimum atomic E-state index is 1.02. The van der Waals surface area contributed by atoms with Crippen molar-refractivity contribution in [2.24, 2.45) is 0 Å². The molecule has 0 N–H and O–H groups in total. The van der Waals surface area contributed by atoms with E-state index in [-0.39, 0.29) is 0 Å². The molecule has 1 aliphatic carbocycles. The molecule has 0 atom stereocenters. The van der Waals surface area contributed by atoms with Gasteiger partial charge in [0.25, 0.3) is 0 Å². The van der Waals surface area contributed by atoms with Gasteiger partial charge in [0.2, 0.25) is 0 Å². The summed E-state index contributed by atoms with van der Waals surface area (Å²) in [7, 11) is 6.65. The van der Waals surface area contributed by atoms with Crippen molar-refractivity contribution in [1.82, 2.24) is 0 Å². The van der Waals surface area contributed by atoms with Crippen LogP contribution in [0.25, 0.3) is 0 Å². The van der Waals surface area contributed by atoms with E-state index < -0.39 is 0 Å². The normalized spacial score (nSPS) is 17.7. The zero-order chi connectivity index (χ0) is 7.61. The van der Waals surface area contributed by atoms with Crippen LogP contribution in [0.1, 0.15) is 6.42 Å². The van der Waals surface area contributed by atoms with Gasteiger partial charge in [-0.2, -0.15) is 0 Å². The van der Waals surface area contributed by atoms with Gasteiger partial charge < -0.3 is 4.48 Å². The van der Waals surface area contributed by atoms with Crippen LogP contribution in [0.4, 0.5) is 0 Å². The highest BCUT2D eigenvalue weighted by atomic mass is 15.3. The Hall–Kier alpha value is -0.560. The van der Waals surface area contributed by atoms with E-state index in [9.17, 15) is 0 Å². The largest absolute Gasteiger partial charge is 0.327 e. The second-order valence-corrected chi connectivity index (χ2v) is 3.87. The molecule has 1 rings (SSSR count). The lowest BCUT2D eigenvalue weighted by atomic mass is 10.2. The summed E-state index contributed by atoms with van der Waals surface area (Å²) in [5, 5.41) is 0. The third-order valence-electron chi connectivity index (χ3n) is 1.50. The molecule has 1 heteroatoms. The molecule has 0 aromatic heterocycles. The number of hydrogen-bond donors (Lipinski definition) is 0. The fraction of sp³-hybridized carbons (Fsp3) is 0.556. The Labute approximate surface area is 63.2 Å². The molecule has 0 saturated carbocycles. The third kappa shape index (κ3) is 2.36. The Morgan fingerprint density at radius 3 is 2.50 bits per heavy atom. The van der Waals surface area contributed by atoms with Crippen LogP contribution in [0.15, 0.2) is 23.8 Å². The fourth-order valence-corrected chi connectivity index (χ4v) is 1.17. The maximum absolute atomic E-state index is 2.30. The molecule has 0 unspecified atom stereocenters. The van der Waals surface area contributed by atoms with Gasteiger partial charge in [0.1, 0.15) is 6.54 Å². The van der Waals surface area contributed by atoms with E-state index in [4.69, 9.17) is 0 Å². The van der Waals surface area contributed by atoms with E-state index in [0.717, 1.165) is 17.4 Å². The van der Waals surface area contributed by atoms with Gasteiger partial charge in [-0.3, -0.25) is 0 Å². The molecule has 0 aromatic carbocycles. The van der Waals surface area contributed by atoms with E-state index in [0.29, 0.717) is 0 Å². The van der Waals surface area contributed by atoms with Crippen molar-refractivity contribution in [3.8, 4) is 0 Å². The fourth-order valence-electron chi connectivity index (χ4n) is 1.17. The maximum atomic E-state index is 2.30. The standard InChI is InChI=1S/C9H16N/c1-10(2,3)8-9-6-4-5-7-9/h4,6-7H,5,8H2,1-3H3/q+1. The van der Waals surface area contributed by atoms with Gasteiger partial charge >= 0.3 is 0 Å². The van der Waals surface area contributed by atoms with Crippen molar-refractivity contribution in [3.05, 3.63) is 23.8 Å². The van der Waals surface area contributed by atoms with Crippen molar-refractivity contribution < 1.29 is 4.48 Å². The maximum Gasteiger partial charge on any atom is 0.103 e. The lowest BCUT2D eigenvalue weighted by Gasteiger charge is -2.23. The minimum absolute atomic E-state index is 1.02. The summed E-state index contributed by atoms with van der Waals surface area (Å²) in [6.45, 7) is 1.15. The van der Waals surface area contributed by atoms with E-state index in [1.165, 1.54) is 5.57 Å². The number of nitrogens with zero attached hydrogens (tertiary/aromatic N) is 1. The van der Waals surface area contributed by atoms with Crippen molar-refractivity contribution in [3.63, 3.8) is 0 Å². The van der Waals surface area contributed by atoms with Crippen LogP contribution < -0.4 is 0 Å². The molecule has 0 heterocycles. The number of allylic oxidation sites excluding steroid dienone is 2. The van der Waals surface area contributed by atoms with Crippen LogP contribution in [0.2, 0.25) is 0 Å². The van der Waals surface area contributed by atoms with Crippen LogP contribution >= 0.6 is 0 Å². The lowest BCUT2D eigenvalue weighted by Crippen LogP contribution is -2.35. The molecule has 10 heavy (non-hydrogen) atoms. The SMILES string of the molecule is C[N+](C)(C)CC1=CCC=C1. The summed E-state index contributed by atoms with van der Waals surface area (Å²) in [4.78, 5) is 0. The van der Waals surface area contributed by atoms with Gasteiger partial charge in [-0.15, -0.1) is 0 Å². The monoisotopic (exact) mass is 138 g/mol. The summed E-state index contributed by atoms with van der Waals surface area (Å²) in [6.07, 6.45) is 7.87. The van der Waals surface area contributed by atoms with Crippen LogP contribution in [0.5, 0.6) is 0 Å². The first-order valence-electron chi connectivity index (χ1n) is 3.74. The molecule has 1 nitrogen and oxygen atoms in total. The van der Waals surface area contributed by atoms with Crippen LogP contribution in [-0.2, 0) is 0 Å². The first kappa shape index (κ1) is 7.55. The molecule has 56 valence electrons. The van der Waals surface area contributed by atoms with Crippen LogP contribution in [-0.4, -0.2) is 32.2 Å². The summed E-state index contributed by atoms with van der Waals surface area (Å²) in [6, 6.07) is 0. The lowest BCUT2D eigenvalue weighted by molar-refractivity contribution is -0.865. The van der Waals surface area contributed by atoms with E-state index in [1.54, 1.807) is 0 Å². The second kappa shape index (κ2) is 2.59. The van der Waals surface area contributed by atoms with Gasteiger partial charge in [0.15, 0.2) is 0 Å². The van der Waals surface area contributed by atoms with E-state index >= 15 is 0 Å². The van der Waals surface area contributed by atoms with Crippen molar-refractivity contribution >= 4 is 0 Å². The van der Waals surface area contributed by atoms with Crippen molar-refractivity contribution in [2.45, 2.75) is 6.42 Å². The van der Waals surface area contributed by atoms with E-state index in [1.807, 2.05) is 0 Å². The van der Waals surface area contributed by atoms with Crippen molar-refractivity contribution in [1.29, 1.82) is 0 Å². The first-order valence-corrected chi connectivity index (χ1v) is 3.74. The zero-order valence-electron chi connectivity index (χ0n) is 7.09. The van der Waals surface area contributed by atoms with Crippen LogP contribution in [0.3, 0.4) is 0 Å². The molecule has 0 bridgehead atoms. The number of rotatable bonds is 2.